The number of carbonyl (C=O) groups is 2. The molecular weight excluding hydrogens is 230 g/mol. The first kappa shape index (κ1) is 22.1. The minimum Gasteiger partial charge on any atom is -0.550 e. The molecule has 16 heavy (non-hydrogen) atoms. The summed E-state index contributed by atoms with van der Waals surface area (Å²) >= 11 is 0. The third-order valence-electron chi connectivity index (χ3n) is 2.01. The van der Waals surface area contributed by atoms with Crippen molar-refractivity contribution in [1.29, 1.82) is 0 Å². The Morgan fingerprint density at radius 1 is 0.625 bits per heavy atom. The van der Waals surface area contributed by atoms with E-state index in [9.17, 15) is 19.8 Å². The predicted molar refractivity (Wildman–Crippen MR) is 47.0 cm³/mol. The Balaban J connectivity index is -0.000000845. The maximum Gasteiger partial charge on any atom is 1.00 e. The molecule has 0 fully saturated rings. The van der Waals surface area contributed by atoms with Crippen molar-refractivity contribution >= 4 is 11.9 Å². The largest absolute Gasteiger partial charge is 1.00 e. The van der Waals surface area contributed by atoms with Gasteiger partial charge in [-0.25, -0.2) is 0 Å². The summed E-state index contributed by atoms with van der Waals surface area (Å²) in [5.41, 5.74) is 0. The standard InChI is InChI=1S/C10H18O4.2Na/c11-9(12)7-5-3-1-2-4-6-8-10(13)14;;/h1-8H2,(H,11,12)(H,13,14);;/q;2*+1/p-2. The van der Waals surface area contributed by atoms with Gasteiger partial charge in [-0.15, -0.1) is 0 Å². The number of carboxylic acids is 2. The van der Waals surface area contributed by atoms with Crippen LogP contribution in [0.5, 0.6) is 0 Å². The normalized spacial score (nSPS) is 8.75. The monoisotopic (exact) mass is 246 g/mol. The minimum atomic E-state index is -0.998. The summed E-state index contributed by atoms with van der Waals surface area (Å²) < 4.78 is 0. The van der Waals surface area contributed by atoms with Crippen molar-refractivity contribution in [2.45, 2.75) is 51.4 Å². The summed E-state index contributed by atoms with van der Waals surface area (Å²) in [6.45, 7) is 0. The fourth-order valence-electron chi connectivity index (χ4n) is 1.25. The van der Waals surface area contributed by atoms with Gasteiger partial charge in [-0.05, 0) is 25.7 Å². The van der Waals surface area contributed by atoms with E-state index in [1.54, 1.807) is 0 Å². The Hall–Kier alpha value is 0.940. The second-order valence-electron chi connectivity index (χ2n) is 3.37. The number of carboxylic acid groups (broad SMARTS) is 2. The second-order valence-corrected chi connectivity index (χ2v) is 3.37. The Morgan fingerprint density at radius 2 is 0.875 bits per heavy atom. The van der Waals surface area contributed by atoms with Gasteiger partial charge in [0.1, 0.15) is 0 Å². The van der Waals surface area contributed by atoms with Crippen LogP contribution < -0.4 is 69.3 Å². The van der Waals surface area contributed by atoms with Crippen LogP contribution in [0.3, 0.4) is 0 Å². The molecule has 0 aromatic rings. The molecule has 4 nitrogen and oxygen atoms in total. The summed E-state index contributed by atoms with van der Waals surface area (Å²) in [7, 11) is 0. The Bertz CT molecular complexity index is 166. The zero-order valence-corrected chi connectivity index (χ0v) is 14.3. The molecule has 0 heterocycles. The van der Waals surface area contributed by atoms with E-state index in [0.29, 0.717) is 12.8 Å². The molecule has 0 aliphatic carbocycles. The molecule has 0 rings (SSSR count). The van der Waals surface area contributed by atoms with Crippen molar-refractivity contribution < 1.29 is 78.9 Å². The fraction of sp³-hybridized carbons (Fsp3) is 0.800. The van der Waals surface area contributed by atoms with Crippen molar-refractivity contribution in [1.82, 2.24) is 0 Å². The molecule has 0 saturated carbocycles. The summed E-state index contributed by atoms with van der Waals surface area (Å²) in [5.74, 6) is -2.00. The average Bonchev–Trinajstić information content (AvgIpc) is 2.08. The summed E-state index contributed by atoms with van der Waals surface area (Å²) in [4.78, 5) is 20.1. The molecule has 0 atom stereocenters. The van der Waals surface area contributed by atoms with Gasteiger partial charge < -0.3 is 19.8 Å². The molecule has 0 unspecified atom stereocenters. The molecule has 0 aliphatic rings. The molecule has 0 bridgehead atoms. The van der Waals surface area contributed by atoms with Gasteiger partial charge >= 0.3 is 59.1 Å². The molecular formula is C10H16Na2O4. The first-order valence-electron chi connectivity index (χ1n) is 5.02. The molecule has 0 aromatic carbocycles. The Kier molecular flexibility index (Phi) is 22.1. The second kappa shape index (κ2) is 15.9. The Morgan fingerprint density at radius 3 is 1.12 bits per heavy atom. The van der Waals surface area contributed by atoms with Crippen LogP contribution in [0.25, 0.3) is 0 Å². The van der Waals surface area contributed by atoms with E-state index in [4.69, 9.17) is 0 Å². The van der Waals surface area contributed by atoms with E-state index in [1.807, 2.05) is 0 Å². The minimum absolute atomic E-state index is 0. The van der Waals surface area contributed by atoms with Crippen LogP contribution in [0.15, 0.2) is 0 Å². The van der Waals surface area contributed by atoms with Crippen molar-refractivity contribution in [2.75, 3.05) is 0 Å². The number of rotatable bonds is 9. The summed E-state index contributed by atoms with van der Waals surface area (Å²) in [6, 6.07) is 0. The van der Waals surface area contributed by atoms with Gasteiger partial charge in [0.15, 0.2) is 0 Å². The van der Waals surface area contributed by atoms with Gasteiger partial charge in [-0.1, -0.05) is 25.7 Å². The molecule has 6 heteroatoms. The molecule has 0 radical (unpaired) electrons. The molecule has 82 valence electrons. The van der Waals surface area contributed by atoms with Gasteiger partial charge in [0.05, 0.1) is 0 Å². The SMILES string of the molecule is O=C([O-])CCCCCCCCC(=O)[O-].[Na+].[Na+]. The fourth-order valence-corrected chi connectivity index (χ4v) is 1.25. The van der Waals surface area contributed by atoms with E-state index < -0.39 is 11.9 Å². The van der Waals surface area contributed by atoms with Crippen LogP contribution in [0.2, 0.25) is 0 Å². The van der Waals surface area contributed by atoms with Crippen LogP contribution in [0.4, 0.5) is 0 Å². The smallest absolute Gasteiger partial charge is 0.550 e. The number of hydrogen-bond donors (Lipinski definition) is 0. The van der Waals surface area contributed by atoms with Gasteiger partial charge in [0, 0.05) is 11.9 Å². The van der Waals surface area contributed by atoms with Gasteiger partial charge in [-0.3, -0.25) is 0 Å². The first-order valence-corrected chi connectivity index (χ1v) is 5.02. The number of hydrogen-bond acceptors (Lipinski definition) is 4. The van der Waals surface area contributed by atoms with Gasteiger partial charge in [-0.2, -0.15) is 0 Å². The van der Waals surface area contributed by atoms with Crippen LogP contribution in [-0.4, -0.2) is 11.9 Å². The van der Waals surface area contributed by atoms with Gasteiger partial charge in [0.2, 0.25) is 0 Å². The van der Waals surface area contributed by atoms with Crippen molar-refractivity contribution in [2.24, 2.45) is 0 Å². The predicted octanol–water partition coefficient (Wildman–Crippen LogP) is -6.38. The quantitative estimate of drug-likeness (QED) is 0.299. The molecule has 0 spiro atoms. The number of aliphatic carboxylic acids is 2. The average molecular weight is 246 g/mol. The van der Waals surface area contributed by atoms with E-state index in [1.165, 1.54) is 0 Å². The number of carbonyl (C=O) groups excluding carboxylic acids is 2. The van der Waals surface area contributed by atoms with Crippen LogP contribution in [0, 0.1) is 0 Å². The van der Waals surface area contributed by atoms with E-state index in [0.717, 1.165) is 25.7 Å². The first-order chi connectivity index (χ1) is 6.63. The third-order valence-corrected chi connectivity index (χ3v) is 2.01. The van der Waals surface area contributed by atoms with E-state index >= 15 is 0 Å². The molecule has 0 N–H and O–H groups in total. The van der Waals surface area contributed by atoms with E-state index in [-0.39, 0.29) is 72.0 Å². The van der Waals surface area contributed by atoms with Crippen molar-refractivity contribution in [3.8, 4) is 0 Å². The van der Waals surface area contributed by atoms with Crippen LogP contribution >= 0.6 is 0 Å². The number of unbranched alkanes of at least 4 members (excludes halogenated alkanes) is 5. The molecule has 0 amide bonds. The topological polar surface area (TPSA) is 80.3 Å². The molecule has 0 aliphatic heterocycles. The maximum atomic E-state index is 10.0. The molecule has 0 aromatic heterocycles. The summed E-state index contributed by atoms with van der Waals surface area (Å²) in [6.07, 6.45) is 5.23. The van der Waals surface area contributed by atoms with Crippen LogP contribution in [0.1, 0.15) is 51.4 Å². The maximum absolute atomic E-state index is 10.0. The third kappa shape index (κ3) is 20.4. The van der Waals surface area contributed by atoms with Gasteiger partial charge in [0.25, 0.3) is 0 Å². The van der Waals surface area contributed by atoms with E-state index in [2.05, 4.69) is 0 Å². The molecule has 0 saturated heterocycles. The Labute approximate surface area is 141 Å². The van der Waals surface area contributed by atoms with Crippen molar-refractivity contribution in [3.63, 3.8) is 0 Å². The van der Waals surface area contributed by atoms with Crippen molar-refractivity contribution in [3.05, 3.63) is 0 Å². The summed E-state index contributed by atoms with van der Waals surface area (Å²) in [5, 5.41) is 20.1. The zero-order chi connectivity index (χ0) is 10.8. The van der Waals surface area contributed by atoms with Crippen LogP contribution in [-0.2, 0) is 9.59 Å². The zero-order valence-electron chi connectivity index (χ0n) is 10.3.